The van der Waals surface area contributed by atoms with E-state index in [1.165, 1.54) is 11.3 Å². The monoisotopic (exact) mass is 237 g/mol. The van der Waals surface area contributed by atoms with E-state index >= 15 is 0 Å². The molecule has 2 rings (SSSR count). The van der Waals surface area contributed by atoms with Crippen molar-refractivity contribution in [2.75, 3.05) is 19.6 Å². The van der Waals surface area contributed by atoms with Crippen molar-refractivity contribution >= 4 is 16.5 Å². The third-order valence-corrected chi connectivity index (χ3v) is 2.69. The van der Waals surface area contributed by atoms with E-state index in [-0.39, 0.29) is 6.79 Å². The zero-order valence-corrected chi connectivity index (χ0v) is 9.53. The smallest absolute Gasteiger partial charge is 0.203 e. The van der Waals surface area contributed by atoms with Crippen molar-refractivity contribution < 1.29 is 9.47 Å². The van der Waals surface area contributed by atoms with Crippen molar-refractivity contribution in [3.8, 4) is 16.3 Å². The molecule has 0 spiro atoms. The van der Waals surface area contributed by atoms with Gasteiger partial charge in [-0.05, 0) is 24.3 Å². The molecule has 0 aliphatic carbocycles. The second-order valence-corrected chi connectivity index (χ2v) is 4.03. The molecule has 0 saturated carbocycles. The Labute approximate surface area is 96.8 Å². The predicted octanol–water partition coefficient (Wildman–Crippen LogP) is 1.77. The van der Waals surface area contributed by atoms with E-state index in [1.54, 1.807) is 7.11 Å². The molecule has 2 aromatic rings. The molecule has 16 heavy (non-hydrogen) atoms. The van der Waals surface area contributed by atoms with Gasteiger partial charge in [-0.25, -0.2) is 0 Å². The van der Waals surface area contributed by atoms with Crippen LogP contribution in [0.25, 0.3) is 10.6 Å². The Kier molecular flexibility index (Phi) is 3.33. The molecule has 1 aromatic heterocycles. The topological polar surface area (TPSA) is 70.3 Å². The Bertz CT molecular complexity index is 455. The third-order valence-electron chi connectivity index (χ3n) is 1.89. The quantitative estimate of drug-likeness (QED) is 0.820. The fraction of sp³-hybridized carbons (Fsp3) is 0.200. The summed E-state index contributed by atoms with van der Waals surface area (Å²) in [7, 11) is 1.58. The average Bonchev–Trinajstić information content (AvgIpc) is 2.74. The number of aromatic nitrogens is 2. The molecule has 1 aromatic carbocycles. The minimum atomic E-state index is 0.241. The molecule has 2 N–H and O–H groups in total. The molecule has 1 heterocycles. The SMILES string of the molecule is COCOc1ccc(-c2nnc(N)s2)cc1. The van der Waals surface area contributed by atoms with Crippen molar-refractivity contribution in [3.05, 3.63) is 24.3 Å². The molecule has 6 heteroatoms. The van der Waals surface area contributed by atoms with Gasteiger partial charge >= 0.3 is 0 Å². The molecule has 0 radical (unpaired) electrons. The number of ether oxygens (including phenoxy) is 2. The number of rotatable bonds is 4. The van der Waals surface area contributed by atoms with E-state index in [0.717, 1.165) is 16.3 Å². The number of nitrogens with two attached hydrogens (primary N) is 1. The lowest BCUT2D eigenvalue weighted by Crippen LogP contribution is -1.98. The Balaban J connectivity index is 2.13. The van der Waals surface area contributed by atoms with Crippen LogP contribution in [0.5, 0.6) is 5.75 Å². The molecule has 0 saturated heterocycles. The maximum Gasteiger partial charge on any atom is 0.203 e. The molecule has 0 aliphatic rings. The summed E-state index contributed by atoms with van der Waals surface area (Å²) in [6.45, 7) is 0.241. The van der Waals surface area contributed by atoms with Gasteiger partial charge in [0.15, 0.2) is 6.79 Å². The molecule has 0 fully saturated rings. The Morgan fingerprint density at radius 1 is 1.25 bits per heavy atom. The Hall–Kier alpha value is -1.66. The lowest BCUT2D eigenvalue weighted by molar-refractivity contribution is 0.0511. The molecular formula is C10H11N3O2S. The maximum absolute atomic E-state index is 5.52. The van der Waals surface area contributed by atoms with Crippen molar-refractivity contribution in [3.63, 3.8) is 0 Å². The van der Waals surface area contributed by atoms with Gasteiger partial charge in [-0.2, -0.15) is 0 Å². The summed E-state index contributed by atoms with van der Waals surface area (Å²) < 4.78 is 10.1. The number of anilines is 1. The van der Waals surface area contributed by atoms with E-state index < -0.39 is 0 Å². The summed E-state index contributed by atoms with van der Waals surface area (Å²) >= 11 is 1.35. The van der Waals surface area contributed by atoms with Crippen LogP contribution < -0.4 is 10.5 Å². The molecule has 5 nitrogen and oxygen atoms in total. The van der Waals surface area contributed by atoms with Gasteiger partial charge in [-0.1, -0.05) is 11.3 Å². The van der Waals surface area contributed by atoms with Crippen molar-refractivity contribution in [2.24, 2.45) is 0 Å². The standard InChI is InChI=1S/C10H11N3O2S/c1-14-6-15-8-4-2-7(3-5-8)9-12-13-10(11)16-9/h2-5H,6H2,1H3,(H2,11,13). The summed E-state index contributed by atoms with van der Waals surface area (Å²) in [5.41, 5.74) is 6.49. The van der Waals surface area contributed by atoms with Crippen LogP contribution in [0.1, 0.15) is 0 Å². The summed E-state index contributed by atoms with van der Waals surface area (Å²) in [6.07, 6.45) is 0. The van der Waals surface area contributed by atoms with E-state index in [4.69, 9.17) is 15.2 Å². The summed E-state index contributed by atoms with van der Waals surface area (Å²) in [5.74, 6) is 0.753. The fourth-order valence-corrected chi connectivity index (χ4v) is 1.79. The first kappa shape index (κ1) is 10.8. The first-order valence-electron chi connectivity index (χ1n) is 4.61. The third kappa shape index (κ3) is 2.47. The Morgan fingerprint density at radius 3 is 2.56 bits per heavy atom. The highest BCUT2D eigenvalue weighted by Gasteiger charge is 2.04. The lowest BCUT2D eigenvalue weighted by atomic mass is 10.2. The van der Waals surface area contributed by atoms with Gasteiger partial charge in [0, 0.05) is 12.7 Å². The highest BCUT2D eigenvalue weighted by atomic mass is 32.1. The van der Waals surface area contributed by atoms with Crippen LogP contribution >= 0.6 is 11.3 Å². The van der Waals surface area contributed by atoms with E-state index in [2.05, 4.69) is 10.2 Å². The summed E-state index contributed by atoms with van der Waals surface area (Å²) in [5, 5.41) is 8.98. The van der Waals surface area contributed by atoms with Crippen LogP contribution in [0.2, 0.25) is 0 Å². The number of methoxy groups -OCH3 is 1. The van der Waals surface area contributed by atoms with E-state index in [1.807, 2.05) is 24.3 Å². The second kappa shape index (κ2) is 4.91. The number of benzene rings is 1. The lowest BCUT2D eigenvalue weighted by Gasteiger charge is -2.04. The van der Waals surface area contributed by atoms with Crippen LogP contribution in [0.15, 0.2) is 24.3 Å². The van der Waals surface area contributed by atoms with Gasteiger partial charge in [0.25, 0.3) is 0 Å². The summed E-state index contributed by atoms with van der Waals surface area (Å²) in [6, 6.07) is 7.52. The molecule has 0 amide bonds. The zero-order chi connectivity index (χ0) is 11.4. The van der Waals surface area contributed by atoms with Crippen LogP contribution in [-0.2, 0) is 4.74 Å². The first-order chi connectivity index (χ1) is 7.79. The van der Waals surface area contributed by atoms with Crippen LogP contribution in [0.3, 0.4) is 0 Å². The average molecular weight is 237 g/mol. The highest BCUT2D eigenvalue weighted by Crippen LogP contribution is 2.26. The normalized spacial score (nSPS) is 10.3. The molecule has 0 bridgehead atoms. The predicted molar refractivity (Wildman–Crippen MR) is 62.3 cm³/mol. The fourth-order valence-electron chi connectivity index (χ4n) is 1.17. The van der Waals surface area contributed by atoms with E-state index in [9.17, 15) is 0 Å². The molecular weight excluding hydrogens is 226 g/mol. The van der Waals surface area contributed by atoms with Gasteiger partial charge in [0.1, 0.15) is 10.8 Å². The van der Waals surface area contributed by atoms with Gasteiger partial charge in [-0.3, -0.25) is 0 Å². The Morgan fingerprint density at radius 2 is 2.00 bits per heavy atom. The van der Waals surface area contributed by atoms with Gasteiger partial charge < -0.3 is 15.2 Å². The van der Waals surface area contributed by atoms with Crippen LogP contribution in [0, 0.1) is 0 Å². The van der Waals surface area contributed by atoms with Gasteiger partial charge in [0.05, 0.1) is 0 Å². The minimum absolute atomic E-state index is 0.241. The maximum atomic E-state index is 5.52. The second-order valence-electron chi connectivity index (χ2n) is 3.02. The zero-order valence-electron chi connectivity index (χ0n) is 8.71. The number of nitrogens with zero attached hydrogens (tertiary/aromatic N) is 2. The van der Waals surface area contributed by atoms with Crippen molar-refractivity contribution in [1.82, 2.24) is 10.2 Å². The van der Waals surface area contributed by atoms with E-state index in [0.29, 0.717) is 5.13 Å². The van der Waals surface area contributed by atoms with Crippen molar-refractivity contribution in [2.45, 2.75) is 0 Å². The number of hydrogen-bond acceptors (Lipinski definition) is 6. The van der Waals surface area contributed by atoms with Gasteiger partial charge in [0.2, 0.25) is 5.13 Å². The van der Waals surface area contributed by atoms with Crippen LogP contribution in [-0.4, -0.2) is 24.1 Å². The van der Waals surface area contributed by atoms with Crippen molar-refractivity contribution in [1.29, 1.82) is 0 Å². The largest absolute Gasteiger partial charge is 0.468 e. The number of hydrogen-bond donors (Lipinski definition) is 1. The minimum Gasteiger partial charge on any atom is -0.468 e. The number of nitrogen functional groups attached to an aromatic ring is 1. The molecule has 0 unspecified atom stereocenters. The molecule has 0 atom stereocenters. The molecule has 84 valence electrons. The summed E-state index contributed by atoms with van der Waals surface area (Å²) in [4.78, 5) is 0. The van der Waals surface area contributed by atoms with Gasteiger partial charge in [-0.15, -0.1) is 10.2 Å². The molecule has 0 aliphatic heterocycles. The van der Waals surface area contributed by atoms with Crippen LogP contribution in [0.4, 0.5) is 5.13 Å². The first-order valence-corrected chi connectivity index (χ1v) is 5.42. The highest BCUT2D eigenvalue weighted by molar-refractivity contribution is 7.18.